The number of nitrogens with one attached hydrogen (secondary N) is 1. The van der Waals surface area contributed by atoms with Gasteiger partial charge in [0.2, 0.25) is 0 Å². The second kappa shape index (κ2) is 6.08. The Kier molecular flexibility index (Phi) is 4.45. The smallest absolute Gasteiger partial charge is 0.0745 e. The molecule has 100 valence electrons. The Labute approximate surface area is 121 Å². The van der Waals surface area contributed by atoms with Crippen LogP contribution in [0.15, 0.2) is 46.9 Å². The lowest BCUT2D eigenvalue weighted by molar-refractivity contribution is 0.276. The van der Waals surface area contributed by atoms with Crippen molar-refractivity contribution in [2.45, 2.75) is 13.0 Å². The molecule has 0 saturated carbocycles. The largest absolute Gasteiger partial charge is 0.398 e. The Bertz CT molecular complexity index is 558. The van der Waals surface area contributed by atoms with Crippen LogP contribution in [-0.4, -0.2) is 11.7 Å². The summed E-state index contributed by atoms with van der Waals surface area (Å²) in [6.45, 7) is 1.99. The lowest BCUT2D eigenvalue weighted by Gasteiger charge is -2.20. The van der Waals surface area contributed by atoms with E-state index in [1.165, 1.54) is 0 Å². The fourth-order valence-electron chi connectivity index (χ4n) is 1.91. The SMILES string of the molecule is Cc1cc(NC(CO)c2ccccc2)c(Br)cc1N. The van der Waals surface area contributed by atoms with Gasteiger partial charge in [0.15, 0.2) is 0 Å². The molecular formula is C15H17BrN2O. The molecule has 3 nitrogen and oxygen atoms in total. The number of rotatable bonds is 4. The molecule has 1 unspecified atom stereocenters. The number of aliphatic hydroxyl groups excluding tert-OH is 1. The van der Waals surface area contributed by atoms with E-state index < -0.39 is 0 Å². The maximum absolute atomic E-state index is 9.55. The maximum Gasteiger partial charge on any atom is 0.0745 e. The fourth-order valence-corrected chi connectivity index (χ4v) is 2.39. The summed E-state index contributed by atoms with van der Waals surface area (Å²) in [6, 6.07) is 13.6. The van der Waals surface area contributed by atoms with Crippen LogP contribution in [0.25, 0.3) is 0 Å². The second-order valence-electron chi connectivity index (χ2n) is 4.48. The Balaban J connectivity index is 2.26. The number of benzene rings is 2. The minimum Gasteiger partial charge on any atom is -0.398 e. The third kappa shape index (κ3) is 3.28. The molecule has 2 aromatic rings. The van der Waals surface area contributed by atoms with Gasteiger partial charge >= 0.3 is 0 Å². The predicted octanol–water partition coefficient (Wildman–Crippen LogP) is 3.49. The maximum atomic E-state index is 9.55. The highest BCUT2D eigenvalue weighted by molar-refractivity contribution is 9.10. The molecule has 0 aliphatic heterocycles. The summed E-state index contributed by atoms with van der Waals surface area (Å²) < 4.78 is 0.894. The number of aryl methyl sites for hydroxylation is 1. The van der Waals surface area contributed by atoms with Gasteiger partial charge in [0.1, 0.15) is 0 Å². The van der Waals surface area contributed by atoms with Crippen LogP contribution in [0.4, 0.5) is 11.4 Å². The van der Waals surface area contributed by atoms with E-state index in [0.717, 1.165) is 27.0 Å². The molecular weight excluding hydrogens is 304 g/mol. The zero-order chi connectivity index (χ0) is 13.8. The summed E-state index contributed by atoms with van der Waals surface area (Å²) in [5.74, 6) is 0. The molecule has 1 atom stereocenters. The van der Waals surface area contributed by atoms with E-state index in [4.69, 9.17) is 5.73 Å². The number of anilines is 2. The van der Waals surface area contributed by atoms with Crippen LogP contribution in [0.1, 0.15) is 17.2 Å². The zero-order valence-corrected chi connectivity index (χ0v) is 12.3. The Morgan fingerprint density at radius 1 is 1.26 bits per heavy atom. The third-order valence-electron chi connectivity index (χ3n) is 3.07. The van der Waals surface area contributed by atoms with E-state index >= 15 is 0 Å². The van der Waals surface area contributed by atoms with Gasteiger partial charge in [0.25, 0.3) is 0 Å². The molecule has 0 fully saturated rings. The molecule has 2 aromatic carbocycles. The molecule has 0 saturated heterocycles. The number of halogens is 1. The Morgan fingerprint density at radius 2 is 1.95 bits per heavy atom. The van der Waals surface area contributed by atoms with E-state index in [1.54, 1.807) is 0 Å². The van der Waals surface area contributed by atoms with Crippen molar-refractivity contribution >= 4 is 27.3 Å². The van der Waals surface area contributed by atoms with Gasteiger partial charge in [-0.3, -0.25) is 0 Å². The van der Waals surface area contributed by atoms with Gasteiger partial charge in [-0.25, -0.2) is 0 Å². The van der Waals surface area contributed by atoms with Crippen LogP contribution in [0.5, 0.6) is 0 Å². The predicted molar refractivity (Wildman–Crippen MR) is 83.2 cm³/mol. The summed E-state index contributed by atoms with van der Waals surface area (Å²) in [7, 11) is 0. The van der Waals surface area contributed by atoms with Gasteiger partial charge in [-0.1, -0.05) is 30.3 Å². The quantitative estimate of drug-likeness (QED) is 0.756. The van der Waals surface area contributed by atoms with Crippen molar-refractivity contribution in [3.63, 3.8) is 0 Å². The molecule has 4 heteroatoms. The molecule has 0 aromatic heterocycles. The van der Waals surface area contributed by atoms with Crippen molar-refractivity contribution in [2.24, 2.45) is 0 Å². The molecule has 0 amide bonds. The van der Waals surface area contributed by atoms with Crippen molar-refractivity contribution in [1.82, 2.24) is 0 Å². The highest BCUT2D eigenvalue weighted by Gasteiger charge is 2.12. The summed E-state index contributed by atoms with van der Waals surface area (Å²) in [5, 5.41) is 12.9. The first kappa shape index (κ1) is 13.9. The lowest BCUT2D eigenvalue weighted by Crippen LogP contribution is -2.15. The van der Waals surface area contributed by atoms with Gasteiger partial charge in [-0.05, 0) is 46.1 Å². The molecule has 0 aliphatic rings. The van der Waals surface area contributed by atoms with E-state index in [0.29, 0.717) is 0 Å². The van der Waals surface area contributed by atoms with Crippen LogP contribution in [0.2, 0.25) is 0 Å². The first-order chi connectivity index (χ1) is 9.11. The first-order valence-electron chi connectivity index (χ1n) is 6.09. The minimum atomic E-state index is -0.138. The third-order valence-corrected chi connectivity index (χ3v) is 3.73. The minimum absolute atomic E-state index is 0.0277. The first-order valence-corrected chi connectivity index (χ1v) is 6.89. The zero-order valence-electron chi connectivity index (χ0n) is 10.7. The van der Waals surface area contributed by atoms with E-state index in [2.05, 4.69) is 21.2 Å². The molecule has 19 heavy (non-hydrogen) atoms. The molecule has 0 bridgehead atoms. The van der Waals surface area contributed by atoms with Crippen LogP contribution in [0, 0.1) is 6.92 Å². The summed E-state index contributed by atoms with van der Waals surface area (Å²) in [6.07, 6.45) is 0. The van der Waals surface area contributed by atoms with Gasteiger partial charge in [0.05, 0.1) is 12.6 Å². The Hall–Kier alpha value is -1.52. The van der Waals surface area contributed by atoms with E-state index in [9.17, 15) is 5.11 Å². The monoisotopic (exact) mass is 320 g/mol. The highest BCUT2D eigenvalue weighted by Crippen LogP contribution is 2.30. The second-order valence-corrected chi connectivity index (χ2v) is 5.33. The van der Waals surface area contributed by atoms with Crippen molar-refractivity contribution < 1.29 is 5.11 Å². The summed E-state index contributed by atoms with van der Waals surface area (Å²) in [4.78, 5) is 0. The van der Waals surface area contributed by atoms with Crippen LogP contribution >= 0.6 is 15.9 Å². The molecule has 0 aliphatic carbocycles. The fraction of sp³-hybridized carbons (Fsp3) is 0.200. The molecule has 0 spiro atoms. The topological polar surface area (TPSA) is 58.3 Å². The highest BCUT2D eigenvalue weighted by atomic mass is 79.9. The van der Waals surface area contributed by atoms with E-state index in [1.807, 2.05) is 49.4 Å². The number of hydrogen-bond acceptors (Lipinski definition) is 3. The lowest BCUT2D eigenvalue weighted by atomic mass is 10.1. The van der Waals surface area contributed by atoms with Gasteiger partial charge < -0.3 is 16.2 Å². The number of nitrogens with two attached hydrogens (primary N) is 1. The van der Waals surface area contributed by atoms with Crippen molar-refractivity contribution in [3.8, 4) is 0 Å². The van der Waals surface area contributed by atoms with Crippen molar-refractivity contribution in [3.05, 3.63) is 58.1 Å². The van der Waals surface area contributed by atoms with Gasteiger partial charge in [-0.2, -0.15) is 0 Å². The molecule has 0 heterocycles. The van der Waals surface area contributed by atoms with Crippen molar-refractivity contribution in [1.29, 1.82) is 0 Å². The number of aliphatic hydroxyl groups is 1. The molecule has 0 radical (unpaired) electrons. The standard InChI is InChI=1S/C15H17BrN2O/c1-10-7-14(12(16)8-13(10)17)18-15(9-19)11-5-3-2-4-6-11/h2-8,15,18-19H,9,17H2,1H3. The van der Waals surface area contributed by atoms with Gasteiger partial charge in [-0.15, -0.1) is 0 Å². The molecule has 4 N–H and O–H groups in total. The number of nitrogen functional groups attached to an aromatic ring is 1. The Morgan fingerprint density at radius 3 is 2.58 bits per heavy atom. The summed E-state index contributed by atoms with van der Waals surface area (Å²) in [5.41, 5.74) is 9.59. The average molecular weight is 321 g/mol. The molecule has 2 rings (SSSR count). The van der Waals surface area contributed by atoms with Crippen LogP contribution in [0.3, 0.4) is 0 Å². The summed E-state index contributed by atoms with van der Waals surface area (Å²) >= 11 is 3.49. The van der Waals surface area contributed by atoms with Crippen molar-refractivity contribution in [2.75, 3.05) is 17.7 Å². The average Bonchev–Trinajstić information content (AvgIpc) is 2.42. The van der Waals surface area contributed by atoms with E-state index in [-0.39, 0.29) is 12.6 Å². The van der Waals surface area contributed by atoms with Gasteiger partial charge in [0, 0.05) is 15.8 Å². The normalized spacial score (nSPS) is 12.2. The van der Waals surface area contributed by atoms with Crippen LogP contribution in [-0.2, 0) is 0 Å². The number of hydrogen-bond donors (Lipinski definition) is 3. The van der Waals surface area contributed by atoms with Crippen LogP contribution < -0.4 is 11.1 Å².